The lowest BCUT2D eigenvalue weighted by Gasteiger charge is -2.28. The third-order valence-corrected chi connectivity index (χ3v) is 4.12. The molecule has 1 aliphatic heterocycles. The molecule has 1 aromatic heterocycles. The number of nitrogens with zero attached hydrogens (tertiary/aromatic N) is 2. The molecule has 1 aliphatic rings. The second-order valence-corrected chi connectivity index (χ2v) is 6.87. The van der Waals surface area contributed by atoms with Crippen LogP contribution in [0, 0.1) is 12.3 Å². The van der Waals surface area contributed by atoms with Crippen LogP contribution in [0.25, 0.3) is 0 Å². The van der Waals surface area contributed by atoms with Crippen molar-refractivity contribution in [3.05, 3.63) is 53.0 Å². The molecule has 110 valence electrons. The Kier molecular flexibility index (Phi) is 3.21. The molecule has 0 spiro atoms. The minimum absolute atomic E-state index is 0.0611. The van der Waals surface area contributed by atoms with Crippen LogP contribution in [0.15, 0.2) is 30.6 Å². The number of anilines is 1. The molecule has 2 atom stereocenters. The maximum absolute atomic E-state index is 6.14. The van der Waals surface area contributed by atoms with E-state index in [-0.39, 0.29) is 17.5 Å². The molecule has 0 aliphatic carbocycles. The molecule has 0 fully saturated rings. The van der Waals surface area contributed by atoms with E-state index in [1.807, 2.05) is 0 Å². The van der Waals surface area contributed by atoms with Gasteiger partial charge >= 0.3 is 0 Å². The zero-order valence-corrected chi connectivity index (χ0v) is 13.0. The van der Waals surface area contributed by atoms with Crippen LogP contribution in [0.3, 0.4) is 0 Å². The van der Waals surface area contributed by atoms with Gasteiger partial charge in [-0.1, -0.05) is 50.6 Å². The number of rotatable bonds is 1. The summed E-state index contributed by atoms with van der Waals surface area (Å²) in [6, 6.07) is 8.78. The lowest BCUT2D eigenvalue weighted by Crippen LogP contribution is -2.29. The molecule has 0 amide bonds. The fraction of sp³-hybridized carbons (Fsp3) is 0.412. The molecule has 4 heteroatoms. The highest BCUT2D eigenvalue weighted by molar-refractivity contribution is 5.52. The molecule has 1 aromatic carbocycles. The van der Waals surface area contributed by atoms with Crippen molar-refractivity contribution < 1.29 is 0 Å². The topological polar surface area (TPSA) is 63.8 Å². The van der Waals surface area contributed by atoms with Gasteiger partial charge < -0.3 is 5.73 Å². The molecule has 0 saturated carbocycles. The van der Waals surface area contributed by atoms with Crippen LogP contribution < -0.4 is 11.1 Å². The summed E-state index contributed by atoms with van der Waals surface area (Å²) in [5, 5.41) is 3.69. The number of nitrogens with two attached hydrogens (primary N) is 1. The first kappa shape index (κ1) is 14.0. The van der Waals surface area contributed by atoms with E-state index in [0.29, 0.717) is 5.82 Å². The third kappa shape index (κ3) is 2.40. The highest BCUT2D eigenvalue weighted by Gasteiger charge is 2.40. The quantitative estimate of drug-likeness (QED) is 0.843. The monoisotopic (exact) mass is 282 g/mol. The van der Waals surface area contributed by atoms with E-state index in [2.05, 4.69) is 67.2 Å². The average Bonchev–Trinajstić information content (AvgIpc) is 2.80. The van der Waals surface area contributed by atoms with E-state index in [9.17, 15) is 0 Å². The standard InChI is InChI=1S/C17H22N4/c1-10-5-7-11(8-6-10)13-12-14(19-9-20-16(12)18)15(21-13)17(2,3)4/h5-9,13,15,21H,1-4H3,(H2,18,19,20). The van der Waals surface area contributed by atoms with Gasteiger partial charge in [-0.3, -0.25) is 5.32 Å². The van der Waals surface area contributed by atoms with Gasteiger partial charge in [0.2, 0.25) is 0 Å². The predicted octanol–water partition coefficient (Wildman–Crippen LogP) is 3.15. The van der Waals surface area contributed by atoms with Gasteiger partial charge in [-0.2, -0.15) is 0 Å². The molecule has 2 heterocycles. The Morgan fingerprint density at radius 3 is 2.38 bits per heavy atom. The van der Waals surface area contributed by atoms with Crippen LogP contribution in [-0.2, 0) is 0 Å². The summed E-state index contributed by atoms with van der Waals surface area (Å²) in [5.74, 6) is 0.574. The molecule has 0 saturated heterocycles. The van der Waals surface area contributed by atoms with Crippen molar-refractivity contribution in [2.75, 3.05) is 5.73 Å². The summed E-state index contributed by atoms with van der Waals surface area (Å²) in [6.45, 7) is 8.73. The van der Waals surface area contributed by atoms with Crippen LogP contribution in [0.2, 0.25) is 0 Å². The maximum atomic E-state index is 6.14. The average molecular weight is 282 g/mol. The summed E-state index contributed by atoms with van der Waals surface area (Å²) in [4.78, 5) is 8.69. The Morgan fingerprint density at radius 2 is 1.76 bits per heavy atom. The van der Waals surface area contributed by atoms with E-state index in [1.54, 1.807) is 6.33 Å². The lowest BCUT2D eigenvalue weighted by molar-refractivity contribution is 0.276. The number of hydrogen-bond donors (Lipinski definition) is 2. The molecule has 2 unspecified atom stereocenters. The van der Waals surface area contributed by atoms with Crippen LogP contribution in [0.4, 0.5) is 5.82 Å². The van der Waals surface area contributed by atoms with Gasteiger partial charge in [-0.15, -0.1) is 0 Å². The normalized spacial score (nSPS) is 21.3. The summed E-state index contributed by atoms with van der Waals surface area (Å²) in [7, 11) is 0. The molecular formula is C17H22N4. The zero-order valence-electron chi connectivity index (χ0n) is 13.0. The molecule has 21 heavy (non-hydrogen) atoms. The Labute approximate surface area is 125 Å². The summed E-state index contributed by atoms with van der Waals surface area (Å²) < 4.78 is 0. The van der Waals surface area contributed by atoms with Gasteiger partial charge in [0, 0.05) is 5.56 Å². The van der Waals surface area contributed by atoms with Crippen molar-refractivity contribution in [2.45, 2.75) is 39.8 Å². The molecule has 2 aromatic rings. The van der Waals surface area contributed by atoms with Crippen LogP contribution >= 0.6 is 0 Å². The summed E-state index contributed by atoms with van der Waals surface area (Å²) >= 11 is 0. The maximum Gasteiger partial charge on any atom is 0.132 e. The molecule has 3 N–H and O–H groups in total. The Hall–Kier alpha value is -1.94. The van der Waals surface area contributed by atoms with Crippen molar-refractivity contribution in [1.82, 2.24) is 15.3 Å². The van der Waals surface area contributed by atoms with Crippen LogP contribution in [0.1, 0.15) is 55.2 Å². The third-order valence-electron chi connectivity index (χ3n) is 4.12. The van der Waals surface area contributed by atoms with Crippen LogP contribution in [0.5, 0.6) is 0 Å². The number of benzene rings is 1. The Bertz CT molecular complexity index is 655. The minimum atomic E-state index is 0.0611. The molecular weight excluding hydrogens is 260 g/mol. The number of hydrogen-bond acceptors (Lipinski definition) is 4. The number of aromatic nitrogens is 2. The second-order valence-electron chi connectivity index (χ2n) is 6.87. The molecule has 3 rings (SSSR count). The van der Waals surface area contributed by atoms with Crippen molar-refractivity contribution in [3.8, 4) is 0 Å². The van der Waals surface area contributed by atoms with E-state index >= 15 is 0 Å². The fourth-order valence-electron chi connectivity index (χ4n) is 2.96. The van der Waals surface area contributed by atoms with Crippen molar-refractivity contribution >= 4 is 5.82 Å². The van der Waals surface area contributed by atoms with Crippen molar-refractivity contribution in [2.24, 2.45) is 5.41 Å². The first-order valence-electron chi connectivity index (χ1n) is 7.31. The van der Waals surface area contributed by atoms with Gasteiger partial charge in [0.15, 0.2) is 0 Å². The number of nitrogens with one attached hydrogen (secondary N) is 1. The van der Waals surface area contributed by atoms with Gasteiger partial charge in [-0.25, -0.2) is 9.97 Å². The Balaban J connectivity index is 2.11. The SMILES string of the molecule is Cc1ccc(C2NC(C(C)(C)C)c3ncnc(N)c32)cc1. The van der Waals surface area contributed by atoms with E-state index < -0.39 is 0 Å². The van der Waals surface area contributed by atoms with E-state index in [4.69, 9.17) is 5.73 Å². The number of fused-ring (bicyclic) bond motifs is 1. The van der Waals surface area contributed by atoms with E-state index in [0.717, 1.165) is 11.3 Å². The largest absolute Gasteiger partial charge is 0.383 e. The van der Waals surface area contributed by atoms with Gasteiger partial charge in [0.25, 0.3) is 0 Å². The fourth-order valence-corrected chi connectivity index (χ4v) is 2.96. The highest BCUT2D eigenvalue weighted by atomic mass is 15.1. The van der Waals surface area contributed by atoms with Gasteiger partial charge in [0.1, 0.15) is 12.1 Å². The first-order valence-corrected chi connectivity index (χ1v) is 7.31. The number of nitrogen functional groups attached to an aromatic ring is 1. The molecule has 0 bridgehead atoms. The van der Waals surface area contributed by atoms with Gasteiger partial charge in [0.05, 0.1) is 17.8 Å². The van der Waals surface area contributed by atoms with Crippen molar-refractivity contribution in [3.63, 3.8) is 0 Å². The number of aryl methyl sites for hydroxylation is 1. The van der Waals surface area contributed by atoms with Gasteiger partial charge in [-0.05, 0) is 17.9 Å². The molecule has 0 radical (unpaired) electrons. The summed E-state index contributed by atoms with van der Waals surface area (Å²) in [5.41, 5.74) is 10.7. The van der Waals surface area contributed by atoms with E-state index in [1.165, 1.54) is 11.1 Å². The lowest BCUT2D eigenvalue weighted by atomic mass is 9.85. The highest BCUT2D eigenvalue weighted by Crippen LogP contribution is 2.45. The molecule has 4 nitrogen and oxygen atoms in total. The zero-order chi connectivity index (χ0) is 15.2. The predicted molar refractivity (Wildman–Crippen MR) is 84.8 cm³/mol. The van der Waals surface area contributed by atoms with Crippen molar-refractivity contribution in [1.29, 1.82) is 0 Å². The smallest absolute Gasteiger partial charge is 0.132 e. The summed E-state index contributed by atoms with van der Waals surface area (Å²) in [6.07, 6.45) is 1.56. The Morgan fingerprint density at radius 1 is 1.10 bits per heavy atom. The second kappa shape index (κ2) is 4.81. The first-order chi connectivity index (χ1) is 9.88. The van der Waals surface area contributed by atoms with Crippen LogP contribution in [-0.4, -0.2) is 9.97 Å². The minimum Gasteiger partial charge on any atom is -0.383 e.